The molecule has 1 aromatic heterocycles. The summed E-state index contributed by atoms with van der Waals surface area (Å²) in [5.41, 5.74) is 5.02. The molecule has 3 N–H and O–H groups in total. The molecule has 0 aliphatic rings. The second-order valence-electron chi connectivity index (χ2n) is 3.61. The van der Waals surface area contributed by atoms with Crippen molar-refractivity contribution in [2.45, 2.75) is 19.5 Å². The van der Waals surface area contributed by atoms with E-state index >= 15 is 0 Å². The Kier molecular flexibility index (Phi) is 4.60. The number of hydrogen-bond donors (Lipinski definition) is 2. The summed E-state index contributed by atoms with van der Waals surface area (Å²) in [6, 6.07) is 1.20. The lowest BCUT2D eigenvalue weighted by molar-refractivity contribution is -0.145. The monoisotopic (exact) mass is 262 g/mol. The summed E-state index contributed by atoms with van der Waals surface area (Å²) >= 11 is 0. The molecule has 1 aromatic rings. The first-order valence-corrected chi connectivity index (χ1v) is 5.25. The lowest BCUT2D eigenvalue weighted by Gasteiger charge is -2.08. The van der Waals surface area contributed by atoms with Crippen LogP contribution in [-0.4, -0.2) is 29.0 Å². The van der Waals surface area contributed by atoms with Gasteiger partial charge in [0, 0.05) is 12.2 Å². The molecule has 8 heteroatoms. The van der Waals surface area contributed by atoms with Gasteiger partial charge >= 0.3 is 6.18 Å². The standard InChI is InChI=1S/C10H13F3N4O/c1-6-5-7(8(18)15-4-2-3-14)17-9(16-6)10(11,12)13/h5H,2-4,14H2,1H3,(H,15,18). The quantitative estimate of drug-likeness (QED) is 0.789. The number of nitrogens with two attached hydrogens (primary N) is 1. The van der Waals surface area contributed by atoms with E-state index in [1.54, 1.807) is 0 Å². The Morgan fingerprint density at radius 1 is 1.44 bits per heavy atom. The molecule has 0 radical (unpaired) electrons. The fourth-order valence-electron chi connectivity index (χ4n) is 1.21. The second kappa shape index (κ2) is 5.76. The number of hydrogen-bond acceptors (Lipinski definition) is 4. The van der Waals surface area contributed by atoms with Crippen LogP contribution in [0, 0.1) is 6.92 Å². The number of aryl methyl sites for hydroxylation is 1. The number of aromatic nitrogens is 2. The van der Waals surface area contributed by atoms with Crippen molar-refractivity contribution in [2.24, 2.45) is 5.73 Å². The predicted molar refractivity (Wildman–Crippen MR) is 57.8 cm³/mol. The fraction of sp³-hybridized carbons (Fsp3) is 0.500. The van der Waals surface area contributed by atoms with Crippen LogP contribution in [0.1, 0.15) is 28.4 Å². The maximum Gasteiger partial charge on any atom is 0.451 e. The van der Waals surface area contributed by atoms with E-state index in [1.165, 1.54) is 13.0 Å². The maximum atomic E-state index is 12.4. The molecule has 0 unspecified atom stereocenters. The molecule has 0 aliphatic heterocycles. The molecule has 1 amide bonds. The molecular formula is C10H13F3N4O. The van der Waals surface area contributed by atoms with Crippen LogP contribution in [0.15, 0.2) is 6.07 Å². The summed E-state index contributed by atoms with van der Waals surface area (Å²) in [5.74, 6) is -1.98. The van der Waals surface area contributed by atoms with Gasteiger partial charge in [0.05, 0.1) is 0 Å². The summed E-state index contributed by atoms with van der Waals surface area (Å²) in [4.78, 5) is 18.0. The van der Waals surface area contributed by atoms with Crippen molar-refractivity contribution in [3.63, 3.8) is 0 Å². The van der Waals surface area contributed by atoms with E-state index in [-0.39, 0.29) is 11.4 Å². The number of carbonyl (C=O) groups excluding carboxylic acids is 1. The van der Waals surface area contributed by atoms with Crippen LogP contribution in [0.3, 0.4) is 0 Å². The van der Waals surface area contributed by atoms with Gasteiger partial charge in [0.1, 0.15) is 5.69 Å². The zero-order valence-corrected chi connectivity index (χ0v) is 9.71. The molecule has 0 fully saturated rings. The molecule has 0 aromatic carbocycles. The minimum atomic E-state index is -4.67. The molecule has 5 nitrogen and oxygen atoms in total. The van der Waals surface area contributed by atoms with Crippen LogP contribution in [0.25, 0.3) is 0 Å². The first-order chi connectivity index (χ1) is 8.34. The summed E-state index contributed by atoms with van der Waals surface area (Å²) in [6.07, 6.45) is -4.12. The SMILES string of the molecule is Cc1cc(C(=O)NCCCN)nc(C(F)(F)F)n1. The van der Waals surface area contributed by atoms with Crippen molar-refractivity contribution in [1.82, 2.24) is 15.3 Å². The van der Waals surface area contributed by atoms with Gasteiger partial charge in [0.2, 0.25) is 5.82 Å². The number of amides is 1. The predicted octanol–water partition coefficient (Wildman–Crippen LogP) is 0.882. The maximum absolute atomic E-state index is 12.4. The molecular weight excluding hydrogens is 249 g/mol. The molecule has 100 valence electrons. The van der Waals surface area contributed by atoms with Crippen molar-refractivity contribution >= 4 is 5.91 Å². The van der Waals surface area contributed by atoms with Gasteiger partial charge in [0.25, 0.3) is 5.91 Å². The topological polar surface area (TPSA) is 80.9 Å². The molecule has 0 atom stereocenters. The van der Waals surface area contributed by atoms with Crippen molar-refractivity contribution < 1.29 is 18.0 Å². The summed E-state index contributed by atoms with van der Waals surface area (Å²) in [5, 5.41) is 2.43. The molecule has 1 heterocycles. The van der Waals surface area contributed by atoms with E-state index in [0.717, 1.165) is 0 Å². The zero-order chi connectivity index (χ0) is 13.8. The average Bonchev–Trinajstić information content (AvgIpc) is 2.27. The van der Waals surface area contributed by atoms with Crippen molar-refractivity contribution in [2.75, 3.05) is 13.1 Å². The van der Waals surface area contributed by atoms with Gasteiger partial charge in [-0.15, -0.1) is 0 Å². The van der Waals surface area contributed by atoms with Gasteiger partial charge in [-0.05, 0) is 26.0 Å². The number of nitrogens with one attached hydrogen (secondary N) is 1. The second-order valence-corrected chi connectivity index (χ2v) is 3.61. The van der Waals surface area contributed by atoms with Crippen LogP contribution in [0.2, 0.25) is 0 Å². The highest BCUT2D eigenvalue weighted by molar-refractivity contribution is 5.92. The highest BCUT2D eigenvalue weighted by atomic mass is 19.4. The Hall–Kier alpha value is -1.70. The molecule has 0 aliphatic carbocycles. The van der Waals surface area contributed by atoms with E-state index in [4.69, 9.17) is 5.73 Å². The Balaban J connectivity index is 2.89. The zero-order valence-electron chi connectivity index (χ0n) is 9.71. The minimum absolute atomic E-state index is 0.0845. The van der Waals surface area contributed by atoms with Crippen LogP contribution in [0.5, 0.6) is 0 Å². The first-order valence-electron chi connectivity index (χ1n) is 5.25. The lowest BCUT2D eigenvalue weighted by atomic mass is 10.3. The van der Waals surface area contributed by atoms with Gasteiger partial charge < -0.3 is 11.1 Å². The van der Waals surface area contributed by atoms with E-state index in [2.05, 4.69) is 15.3 Å². The van der Waals surface area contributed by atoms with Gasteiger partial charge in [-0.3, -0.25) is 4.79 Å². The molecule has 1 rings (SSSR count). The number of carbonyl (C=O) groups is 1. The third kappa shape index (κ3) is 3.95. The number of nitrogens with zero attached hydrogens (tertiary/aromatic N) is 2. The fourth-order valence-corrected chi connectivity index (χ4v) is 1.21. The molecule has 18 heavy (non-hydrogen) atoms. The van der Waals surface area contributed by atoms with Gasteiger partial charge in [-0.2, -0.15) is 13.2 Å². The van der Waals surface area contributed by atoms with Crippen LogP contribution < -0.4 is 11.1 Å². The third-order valence-electron chi connectivity index (χ3n) is 2.01. The molecule has 0 spiro atoms. The molecule has 0 saturated carbocycles. The highest BCUT2D eigenvalue weighted by Crippen LogP contribution is 2.26. The van der Waals surface area contributed by atoms with Crippen molar-refractivity contribution in [1.29, 1.82) is 0 Å². The van der Waals surface area contributed by atoms with Crippen LogP contribution in [-0.2, 0) is 6.18 Å². The van der Waals surface area contributed by atoms with E-state index in [1.807, 2.05) is 0 Å². The lowest BCUT2D eigenvalue weighted by Crippen LogP contribution is -2.28. The highest BCUT2D eigenvalue weighted by Gasteiger charge is 2.35. The summed E-state index contributed by atoms with van der Waals surface area (Å²) < 4.78 is 37.3. The normalized spacial score (nSPS) is 11.4. The van der Waals surface area contributed by atoms with E-state index in [0.29, 0.717) is 19.5 Å². The van der Waals surface area contributed by atoms with Crippen molar-refractivity contribution in [3.8, 4) is 0 Å². The summed E-state index contributed by atoms with van der Waals surface area (Å²) in [6.45, 7) is 2.05. The average molecular weight is 262 g/mol. The number of alkyl halides is 3. The van der Waals surface area contributed by atoms with E-state index < -0.39 is 17.9 Å². The van der Waals surface area contributed by atoms with Gasteiger partial charge in [-0.1, -0.05) is 0 Å². The molecule has 0 bridgehead atoms. The van der Waals surface area contributed by atoms with E-state index in [9.17, 15) is 18.0 Å². The Labute approximate surface area is 102 Å². The summed E-state index contributed by atoms with van der Waals surface area (Å²) in [7, 11) is 0. The first kappa shape index (κ1) is 14.4. The van der Waals surface area contributed by atoms with Gasteiger partial charge in [0.15, 0.2) is 0 Å². The molecule has 0 saturated heterocycles. The number of halogens is 3. The third-order valence-corrected chi connectivity index (χ3v) is 2.01. The van der Waals surface area contributed by atoms with Crippen LogP contribution >= 0.6 is 0 Å². The van der Waals surface area contributed by atoms with Crippen molar-refractivity contribution in [3.05, 3.63) is 23.3 Å². The number of rotatable bonds is 4. The largest absolute Gasteiger partial charge is 0.451 e. The Bertz CT molecular complexity index is 434. The minimum Gasteiger partial charge on any atom is -0.351 e. The van der Waals surface area contributed by atoms with Crippen LogP contribution in [0.4, 0.5) is 13.2 Å². The van der Waals surface area contributed by atoms with Gasteiger partial charge in [-0.25, -0.2) is 9.97 Å². The smallest absolute Gasteiger partial charge is 0.351 e. The Morgan fingerprint density at radius 2 is 2.11 bits per heavy atom. The Morgan fingerprint density at radius 3 is 2.67 bits per heavy atom.